The molecule has 0 aliphatic carbocycles. The zero-order valence-corrected chi connectivity index (χ0v) is 21.0. The summed E-state index contributed by atoms with van der Waals surface area (Å²) in [5.74, 6) is 0.780. The van der Waals surface area contributed by atoms with Gasteiger partial charge in [0.2, 0.25) is 5.82 Å². The minimum atomic E-state index is -5.02. The number of nitrogens with zero attached hydrogens (tertiary/aromatic N) is 5. The average molecular weight is 563 g/mol. The number of carbonyl (C=O) groups excluding carboxylic acids is 1. The number of allylic oxidation sites excluding steroid dienone is 1. The number of amides is 2. The van der Waals surface area contributed by atoms with E-state index in [2.05, 4.69) is 25.8 Å². The summed E-state index contributed by atoms with van der Waals surface area (Å²) in [6.07, 6.45) is -4.47. The van der Waals surface area contributed by atoms with Crippen molar-refractivity contribution < 1.29 is 35.9 Å². The van der Waals surface area contributed by atoms with E-state index >= 15 is 0 Å². The van der Waals surface area contributed by atoms with Crippen molar-refractivity contribution in [2.24, 2.45) is 4.99 Å². The van der Waals surface area contributed by atoms with Crippen LogP contribution in [0.1, 0.15) is 24.5 Å². The van der Waals surface area contributed by atoms with E-state index in [0.717, 1.165) is 17.3 Å². The van der Waals surface area contributed by atoms with Gasteiger partial charge in [-0.05, 0) is 49.9 Å². The van der Waals surface area contributed by atoms with Crippen molar-refractivity contribution in [1.29, 1.82) is 0 Å². The number of anilines is 2. The molecule has 0 bridgehead atoms. The highest BCUT2D eigenvalue weighted by Crippen LogP contribution is 2.37. The van der Waals surface area contributed by atoms with Gasteiger partial charge in [-0.1, -0.05) is 6.08 Å². The van der Waals surface area contributed by atoms with Crippen LogP contribution in [0.3, 0.4) is 0 Å². The molecule has 0 atom stereocenters. The van der Waals surface area contributed by atoms with E-state index in [0.29, 0.717) is 43.3 Å². The number of ether oxygens (including phenoxy) is 1. The van der Waals surface area contributed by atoms with Gasteiger partial charge >= 0.3 is 18.4 Å². The molecule has 1 aliphatic rings. The van der Waals surface area contributed by atoms with Gasteiger partial charge in [-0.15, -0.1) is 4.37 Å². The lowest BCUT2D eigenvalue weighted by Gasteiger charge is -2.23. The summed E-state index contributed by atoms with van der Waals surface area (Å²) in [5, 5.41) is 2.17. The van der Waals surface area contributed by atoms with Crippen molar-refractivity contribution in [2.75, 3.05) is 43.0 Å². The molecule has 0 unspecified atom stereocenters. The van der Waals surface area contributed by atoms with Gasteiger partial charge in [0.15, 0.2) is 0 Å². The van der Waals surface area contributed by atoms with E-state index in [4.69, 9.17) is 4.74 Å². The Hall–Kier alpha value is -3.62. The van der Waals surface area contributed by atoms with Gasteiger partial charge in [-0.25, -0.2) is 4.79 Å². The third kappa shape index (κ3) is 7.69. The Morgan fingerprint density at radius 2 is 1.79 bits per heavy atom. The lowest BCUT2D eigenvalue weighted by molar-refractivity contribution is -0.143. The molecule has 1 aromatic heterocycles. The predicted molar refractivity (Wildman–Crippen MR) is 132 cm³/mol. The maximum absolute atomic E-state index is 13.1. The van der Waals surface area contributed by atoms with Crippen LogP contribution in [-0.2, 0) is 12.4 Å². The number of urea groups is 1. The van der Waals surface area contributed by atoms with Gasteiger partial charge in [0.05, 0.1) is 22.9 Å². The van der Waals surface area contributed by atoms with Crippen LogP contribution in [0, 0.1) is 0 Å². The Bertz CT molecular complexity index is 1160. The third-order valence-corrected chi connectivity index (χ3v) is 6.01. The van der Waals surface area contributed by atoms with E-state index in [1.165, 1.54) is 11.1 Å². The summed E-state index contributed by atoms with van der Waals surface area (Å²) in [7, 11) is 0. The van der Waals surface area contributed by atoms with Crippen LogP contribution in [0.15, 0.2) is 47.1 Å². The highest BCUT2D eigenvalue weighted by Gasteiger charge is 2.37. The zero-order valence-electron chi connectivity index (χ0n) is 20.1. The molecule has 206 valence electrons. The zero-order chi connectivity index (χ0) is 27.9. The van der Waals surface area contributed by atoms with E-state index < -0.39 is 35.2 Å². The third-order valence-electron chi connectivity index (χ3n) is 5.50. The molecular weight excluding hydrogens is 538 g/mol. The highest BCUT2D eigenvalue weighted by atomic mass is 32.1. The van der Waals surface area contributed by atoms with Gasteiger partial charge < -0.3 is 19.9 Å². The second-order valence-electron chi connectivity index (χ2n) is 8.10. The highest BCUT2D eigenvalue weighted by molar-refractivity contribution is 6.99. The Kier molecular flexibility index (Phi) is 9.36. The number of nitrogens with one attached hydrogen (secondary N) is 1. The molecular formula is C23H24F6N6O2S. The van der Waals surface area contributed by atoms with Crippen LogP contribution < -0.4 is 15.0 Å². The maximum Gasteiger partial charge on any atom is 0.416 e. The molecule has 2 aromatic rings. The molecule has 2 amide bonds. The van der Waals surface area contributed by atoms with Crippen LogP contribution >= 0.6 is 11.7 Å². The fourth-order valence-corrected chi connectivity index (χ4v) is 4.07. The number of halogens is 6. The number of benzene rings is 1. The first-order chi connectivity index (χ1) is 17.9. The Morgan fingerprint density at radius 3 is 2.39 bits per heavy atom. The molecule has 0 saturated carbocycles. The molecule has 38 heavy (non-hydrogen) atoms. The van der Waals surface area contributed by atoms with Gasteiger partial charge in [0, 0.05) is 38.1 Å². The van der Waals surface area contributed by atoms with Crippen molar-refractivity contribution in [3.63, 3.8) is 0 Å². The first-order valence-corrected chi connectivity index (χ1v) is 12.0. The van der Waals surface area contributed by atoms with Crippen LogP contribution in [0.5, 0.6) is 5.88 Å². The lowest BCUT2D eigenvalue weighted by atomic mass is 10.1. The van der Waals surface area contributed by atoms with E-state index in [-0.39, 0.29) is 25.8 Å². The number of aromatic nitrogens is 2. The van der Waals surface area contributed by atoms with Gasteiger partial charge in [-0.3, -0.25) is 4.99 Å². The summed E-state index contributed by atoms with van der Waals surface area (Å²) in [4.78, 5) is 19.6. The summed E-state index contributed by atoms with van der Waals surface area (Å²) in [5.41, 5.74) is -2.78. The molecule has 0 spiro atoms. The van der Waals surface area contributed by atoms with Crippen LogP contribution in [-0.4, -0.2) is 59.2 Å². The van der Waals surface area contributed by atoms with E-state index in [1.807, 2.05) is 17.9 Å². The molecule has 8 nitrogen and oxygen atoms in total. The molecule has 1 aromatic carbocycles. The lowest BCUT2D eigenvalue weighted by Crippen LogP contribution is -2.38. The Labute approximate surface area is 218 Å². The molecule has 1 aliphatic heterocycles. The second kappa shape index (κ2) is 12.3. The second-order valence-corrected chi connectivity index (χ2v) is 8.62. The molecule has 1 saturated heterocycles. The number of hydrogen-bond donors (Lipinski definition) is 1. The molecule has 1 fully saturated rings. The molecule has 15 heteroatoms. The maximum atomic E-state index is 13.1. The smallest absolute Gasteiger partial charge is 0.416 e. The Morgan fingerprint density at radius 1 is 1.11 bits per heavy atom. The predicted octanol–water partition coefficient (Wildman–Crippen LogP) is 5.86. The van der Waals surface area contributed by atoms with Gasteiger partial charge in [0.25, 0.3) is 5.88 Å². The van der Waals surface area contributed by atoms with Crippen molar-refractivity contribution in [1.82, 2.24) is 13.6 Å². The minimum absolute atomic E-state index is 0.00685. The quantitative estimate of drug-likeness (QED) is 0.260. The topological polar surface area (TPSA) is 83.0 Å². The monoisotopic (exact) mass is 562 g/mol. The SMILES string of the molecule is C=N/C=C\C(=C/C)COc1nsnc1N1CCCN(C(=O)Nc2cc(C(F)(F)F)cc(C(F)(F)F)c2)CC1. The summed E-state index contributed by atoms with van der Waals surface area (Å²) < 4.78 is 93.1. The normalized spacial score (nSPS) is 15.5. The molecule has 1 N–H and O–H groups in total. The van der Waals surface area contributed by atoms with Crippen molar-refractivity contribution in [2.45, 2.75) is 25.7 Å². The fourth-order valence-electron chi connectivity index (χ4n) is 3.55. The summed E-state index contributed by atoms with van der Waals surface area (Å²) >= 11 is 0.950. The van der Waals surface area contributed by atoms with Crippen molar-refractivity contribution >= 4 is 36.0 Å². The largest absolute Gasteiger partial charge is 0.470 e. The van der Waals surface area contributed by atoms with Crippen molar-refractivity contribution in [3.05, 3.63) is 53.3 Å². The minimum Gasteiger partial charge on any atom is -0.470 e. The van der Waals surface area contributed by atoms with Crippen LogP contribution in [0.4, 0.5) is 42.6 Å². The van der Waals surface area contributed by atoms with E-state index in [9.17, 15) is 31.1 Å². The molecule has 2 heterocycles. The van der Waals surface area contributed by atoms with Crippen LogP contribution in [0.2, 0.25) is 0 Å². The summed E-state index contributed by atoms with van der Waals surface area (Å²) in [6, 6.07) is 0.141. The van der Waals surface area contributed by atoms with Crippen LogP contribution in [0.25, 0.3) is 0 Å². The standard InChI is InChI=1S/C23H24F6N6O2S/c1-3-15(5-6-30-2)14-37-20-19(32-38-33-20)34-7-4-8-35(10-9-34)21(36)31-18-12-16(22(24,25)26)11-17(13-18)23(27,28)29/h3,5-6,11-13H,2,4,7-10,14H2,1H3,(H,31,36)/b6-5-,15-3+. The molecule has 3 rings (SSSR count). The average Bonchev–Trinajstić information content (AvgIpc) is 3.18. The first-order valence-electron chi connectivity index (χ1n) is 11.3. The number of carbonyl (C=O) groups is 1. The fraction of sp³-hybridized carbons (Fsp3) is 0.391. The van der Waals surface area contributed by atoms with Gasteiger partial charge in [-0.2, -0.15) is 30.7 Å². The summed E-state index contributed by atoms with van der Waals surface area (Å²) in [6.45, 7) is 6.56. The number of rotatable bonds is 7. The number of alkyl halides is 6. The van der Waals surface area contributed by atoms with Crippen molar-refractivity contribution in [3.8, 4) is 5.88 Å². The van der Waals surface area contributed by atoms with Gasteiger partial charge in [0.1, 0.15) is 6.61 Å². The number of aliphatic imine (C=N–C) groups is 1. The Balaban J connectivity index is 1.67. The number of hydrogen-bond acceptors (Lipinski definition) is 7. The van der Waals surface area contributed by atoms with E-state index in [1.54, 1.807) is 6.08 Å². The first kappa shape index (κ1) is 28.9. The molecule has 0 radical (unpaired) electrons.